The molecule has 2 amide bonds. The van der Waals surface area contributed by atoms with Crippen molar-refractivity contribution in [2.75, 3.05) is 18.5 Å². The van der Waals surface area contributed by atoms with Gasteiger partial charge in [-0.3, -0.25) is 19.3 Å². The van der Waals surface area contributed by atoms with Gasteiger partial charge in [-0.25, -0.2) is 0 Å². The summed E-state index contributed by atoms with van der Waals surface area (Å²) in [6.07, 6.45) is 0. The number of Topliss-reactive ketones (excluding diaryl/α,β-unsaturated/α-hetero) is 1. The van der Waals surface area contributed by atoms with E-state index in [0.717, 1.165) is 11.1 Å². The van der Waals surface area contributed by atoms with E-state index in [4.69, 9.17) is 0 Å². The Balaban J connectivity index is 2.51. The predicted molar refractivity (Wildman–Crippen MR) is 66.7 cm³/mol. The molecule has 0 saturated carbocycles. The van der Waals surface area contributed by atoms with Crippen LogP contribution in [0.4, 0.5) is 5.69 Å². The minimum atomic E-state index is -0.637. The zero-order valence-electron chi connectivity index (χ0n) is 10.5. The quantitative estimate of drug-likeness (QED) is 0.776. The standard InChI is InChI=1S/C13H14N2O3/c1-7-4-8(2)11-9(5-7)15(6-10(16)14-3)13(18)12(11)17/h4-5H,6H2,1-3H3,(H,14,16). The number of carbonyl (C=O) groups is 3. The van der Waals surface area contributed by atoms with Gasteiger partial charge in [0.05, 0.1) is 11.3 Å². The van der Waals surface area contributed by atoms with E-state index in [2.05, 4.69) is 5.32 Å². The third kappa shape index (κ3) is 1.77. The molecule has 0 radical (unpaired) electrons. The van der Waals surface area contributed by atoms with Crippen LogP contribution in [0.5, 0.6) is 0 Å². The summed E-state index contributed by atoms with van der Waals surface area (Å²) >= 11 is 0. The Labute approximate surface area is 105 Å². The lowest BCUT2D eigenvalue weighted by molar-refractivity contribution is -0.121. The monoisotopic (exact) mass is 246 g/mol. The highest BCUT2D eigenvalue weighted by Crippen LogP contribution is 2.32. The van der Waals surface area contributed by atoms with Crippen molar-refractivity contribution >= 4 is 23.3 Å². The number of amides is 2. The fourth-order valence-electron chi connectivity index (χ4n) is 2.17. The van der Waals surface area contributed by atoms with Gasteiger partial charge in [0.2, 0.25) is 5.91 Å². The van der Waals surface area contributed by atoms with Crippen LogP contribution in [-0.4, -0.2) is 31.2 Å². The molecule has 0 unspecified atom stereocenters. The second kappa shape index (κ2) is 4.25. The first-order chi connectivity index (χ1) is 8.45. The van der Waals surface area contributed by atoms with Gasteiger partial charge < -0.3 is 5.32 Å². The van der Waals surface area contributed by atoms with Crippen LogP contribution >= 0.6 is 0 Å². The number of nitrogens with zero attached hydrogens (tertiary/aromatic N) is 1. The van der Waals surface area contributed by atoms with E-state index < -0.39 is 11.7 Å². The van der Waals surface area contributed by atoms with Crippen LogP contribution in [0, 0.1) is 13.8 Å². The molecule has 0 fully saturated rings. The van der Waals surface area contributed by atoms with E-state index in [1.54, 1.807) is 13.0 Å². The minimum Gasteiger partial charge on any atom is -0.358 e. The van der Waals surface area contributed by atoms with Crippen molar-refractivity contribution in [3.63, 3.8) is 0 Å². The van der Waals surface area contributed by atoms with Gasteiger partial charge in [0.25, 0.3) is 11.7 Å². The molecule has 94 valence electrons. The summed E-state index contributed by atoms with van der Waals surface area (Å²) in [6, 6.07) is 3.61. The average Bonchev–Trinajstić information content (AvgIpc) is 2.54. The number of rotatable bonds is 2. The molecule has 5 heteroatoms. The smallest absolute Gasteiger partial charge is 0.299 e. The van der Waals surface area contributed by atoms with E-state index in [9.17, 15) is 14.4 Å². The molecule has 1 heterocycles. The van der Waals surface area contributed by atoms with E-state index in [-0.39, 0.29) is 12.5 Å². The number of benzene rings is 1. The second-order valence-electron chi connectivity index (χ2n) is 4.37. The highest BCUT2D eigenvalue weighted by molar-refractivity contribution is 6.53. The zero-order valence-corrected chi connectivity index (χ0v) is 10.5. The summed E-state index contributed by atoms with van der Waals surface area (Å²) in [5.41, 5.74) is 2.67. The van der Waals surface area contributed by atoms with Gasteiger partial charge >= 0.3 is 0 Å². The van der Waals surface area contributed by atoms with Crippen LogP contribution in [0.25, 0.3) is 0 Å². The Morgan fingerprint density at radius 3 is 2.56 bits per heavy atom. The average molecular weight is 246 g/mol. The van der Waals surface area contributed by atoms with Gasteiger partial charge in [0.15, 0.2) is 0 Å². The fraction of sp³-hybridized carbons (Fsp3) is 0.308. The molecule has 1 aliphatic heterocycles. The Hall–Kier alpha value is -2.17. The van der Waals surface area contributed by atoms with Gasteiger partial charge in [-0.1, -0.05) is 6.07 Å². The van der Waals surface area contributed by atoms with Crippen molar-refractivity contribution in [3.05, 3.63) is 28.8 Å². The van der Waals surface area contributed by atoms with Crippen molar-refractivity contribution in [2.24, 2.45) is 0 Å². The lowest BCUT2D eigenvalue weighted by Gasteiger charge is -2.16. The number of ketones is 1. The SMILES string of the molecule is CNC(=O)CN1C(=O)C(=O)c2c(C)cc(C)cc21. The van der Waals surface area contributed by atoms with E-state index in [1.807, 2.05) is 13.0 Å². The van der Waals surface area contributed by atoms with Gasteiger partial charge in [-0.2, -0.15) is 0 Å². The molecule has 5 nitrogen and oxygen atoms in total. The number of anilines is 1. The molecule has 1 aromatic carbocycles. The Bertz CT molecular complexity index is 564. The number of aryl methyl sites for hydroxylation is 2. The summed E-state index contributed by atoms with van der Waals surface area (Å²) in [7, 11) is 1.49. The number of carbonyl (C=O) groups excluding carboxylic acids is 3. The fourth-order valence-corrected chi connectivity index (χ4v) is 2.17. The van der Waals surface area contributed by atoms with Gasteiger partial charge in [-0.05, 0) is 31.0 Å². The summed E-state index contributed by atoms with van der Waals surface area (Å²) in [6.45, 7) is 3.55. The van der Waals surface area contributed by atoms with E-state index in [1.165, 1.54) is 11.9 Å². The van der Waals surface area contributed by atoms with Crippen molar-refractivity contribution in [2.45, 2.75) is 13.8 Å². The summed E-state index contributed by atoms with van der Waals surface area (Å²) in [5, 5.41) is 2.44. The normalized spacial score (nSPS) is 13.8. The molecule has 0 aromatic heterocycles. The van der Waals surface area contributed by atoms with Crippen molar-refractivity contribution in [1.82, 2.24) is 5.32 Å². The van der Waals surface area contributed by atoms with Crippen LogP contribution in [0.1, 0.15) is 21.5 Å². The van der Waals surface area contributed by atoms with Gasteiger partial charge in [0, 0.05) is 7.05 Å². The van der Waals surface area contributed by atoms with Crippen molar-refractivity contribution in [1.29, 1.82) is 0 Å². The third-order valence-corrected chi connectivity index (χ3v) is 3.00. The number of hydrogen-bond acceptors (Lipinski definition) is 3. The molecule has 0 atom stereocenters. The Morgan fingerprint density at radius 2 is 1.94 bits per heavy atom. The molecular weight excluding hydrogens is 232 g/mol. The first kappa shape index (κ1) is 12.3. The van der Waals surface area contributed by atoms with Crippen molar-refractivity contribution < 1.29 is 14.4 Å². The van der Waals surface area contributed by atoms with Crippen molar-refractivity contribution in [3.8, 4) is 0 Å². The summed E-state index contributed by atoms with van der Waals surface area (Å²) in [5.74, 6) is -1.48. The second-order valence-corrected chi connectivity index (χ2v) is 4.37. The topological polar surface area (TPSA) is 66.5 Å². The highest BCUT2D eigenvalue weighted by atomic mass is 16.2. The Morgan fingerprint density at radius 1 is 1.28 bits per heavy atom. The van der Waals surface area contributed by atoms with E-state index in [0.29, 0.717) is 11.3 Å². The molecule has 0 spiro atoms. The highest BCUT2D eigenvalue weighted by Gasteiger charge is 2.37. The first-order valence-electron chi connectivity index (χ1n) is 5.63. The number of likely N-dealkylation sites (N-methyl/N-ethyl adjacent to an activating group) is 1. The lowest BCUT2D eigenvalue weighted by Crippen LogP contribution is -2.38. The number of hydrogen-bond donors (Lipinski definition) is 1. The zero-order chi connectivity index (χ0) is 13.4. The predicted octanol–water partition coefficient (Wildman–Crippen LogP) is 0.579. The van der Waals surface area contributed by atoms with Crippen LogP contribution in [-0.2, 0) is 9.59 Å². The minimum absolute atomic E-state index is 0.128. The molecule has 1 aromatic rings. The molecule has 18 heavy (non-hydrogen) atoms. The third-order valence-electron chi connectivity index (χ3n) is 3.00. The van der Waals surface area contributed by atoms with E-state index >= 15 is 0 Å². The summed E-state index contributed by atoms with van der Waals surface area (Å²) in [4.78, 5) is 36.4. The maximum Gasteiger partial charge on any atom is 0.299 e. The number of fused-ring (bicyclic) bond motifs is 1. The Kier molecular flexibility index (Phi) is 2.90. The van der Waals surface area contributed by atoms with Crippen LogP contribution in [0.3, 0.4) is 0 Å². The van der Waals surface area contributed by atoms with Gasteiger partial charge in [-0.15, -0.1) is 0 Å². The summed E-state index contributed by atoms with van der Waals surface area (Å²) < 4.78 is 0. The molecular formula is C13H14N2O3. The maximum absolute atomic E-state index is 11.9. The lowest BCUT2D eigenvalue weighted by atomic mass is 10.0. The molecule has 1 N–H and O–H groups in total. The van der Waals surface area contributed by atoms with Crippen LogP contribution < -0.4 is 10.2 Å². The molecule has 1 aliphatic rings. The number of nitrogens with one attached hydrogen (secondary N) is 1. The molecule has 0 aliphatic carbocycles. The van der Waals surface area contributed by atoms with Crippen LogP contribution in [0.2, 0.25) is 0 Å². The first-order valence-corrected chi connectivity index (χ1v) is 5.63. The molecule has 0 saturated heterocycles. The molecule has 2 rings (SSSR count). The maximum atomic E-state index is 11.9. The largest absolute Gasteiger partial charge is 0.358 e. The van der Waals surface area contributed by atoms with Gasteiger partial charge in [0.1, 0.15) is 6.54 Å². The van der Waals surface area contributed by atoms with Crippen LogP contribution in [0.15, 0.2) is 12.1 Å². The molecule has 0 bridgehead atoms.